The first-order valence-electron chi connectivity index (χ1n) is 13.2. The minimum absolute atomic E-state index is 0.185. The average Bonchev–Trinajstić information content (AvgIpc) is 3.68. The van der Waals surface area contributed by atoms with Gasteiger partial charge in [0.15, 0.2) is 0 Å². The third-order valence-corrected chi connectivity index (χ3v) is 8.47. The molecule has 4 aromatic rings. The van der Waals surface area contributed by atoms with Crippen LogP contribution >= 0.6 is 11.6 Å². The number of halogens is 1. The molecule has 10 heteroatoms. The molecule has 2 aliphatic rings. The molecule has 40 heavy (non-hydrogen) atoms. The predicted molar refractivity (Wildman–Crippen MR) is 150 cm³/mol. The molecule has 0 spiro atoms. The number of nitrogens with zero attached hydrogens (tertiary/aromatic N) is 6. The minimum atomic E-state index is -0.459. The zero-order valence-electron chi connectivity index (χ0n) is 22.7. The number of aromatic nitrogens is 4. The summed E-state index contributed by atoms with van der Waals surface area (Å²) < 4.78 is 4.57. The molecule has 4 heterocycles. The van der Waals surface area contributed by atoms with Crippen molar-refractivity contribution in [2.45, 2.75) is 58.2 Å². The Bertz CT molecular complexity index is 1770. The van der Waals surface area contributed by atoms with E-state index in [9.17, 15) is 20.0 Å². The van der Waals surface area contributed by atoms with Gasteiger partial charge in [-0.05, 0) is 42.7 Å². The predicted octanol–water partition coefficient (Wildman–Crippen LogP) is 4.86. The molecule has 0 aliphatic carbocycles. The second-order valence-corrected chi connectivity index (χ2v) is 11.9. The van der Waals surface area contributed by atoms with Crippen LogP contribution in [-0.4, -0.2) is 41.4 Å². The molecule has 6 rings (SSSR count). The fraction of sp³-hybridized carbons (Fsp3) is 0.333. The van der Waals surface area contributed by atoms with Gasteiger partial charge < -0.3 is 10.0 Å². The van der Waals surface area contributed by atoms with Gasteiger partial charge in [-0.3, -0.25) is 14.0 Å². The Morgan fingerprint density at radius 2 is 1.93 bits per heavy atom. The van der Waals surface area contributed by atoms with Gasteiger partial charge in [-0.25, -0.2) is 9.36 Å². The van der Waals surface area contributed by atoms with Gasteiger partial charge >= 0.3 is 5.69 Å². The number of nitriles is 1. The maximum atomic E-state index is 14.1. The Kier molecular flexibility index (Phi) is 5.93. The van der Waals surface area contributed by atoms with Gasteiger partial charge in [0.2, 0.25) is 5.88 Å². The van der Waals surface area contributed by atoms with Gasteiger partial charge in [-0.1, -0.05) is 62.7 Å². The zero-order valence-corrected chi connectivity index (χ0v) is 23.5. The number of fused-ring (bicyclic) bond motifs is 5. The van der Waals surface area contributed by atoms with Crippen molar-refractivity contribution < 1.29 is 9.90 Å². The highest BCUT2D eigenvalue weighted by atomic mass is 35.5. The summed E-state index contributed by atoms with van der Waals surface area (Å²) in [5.74, 6) is -0.401. The summed E-state index contributed by atoms with van der Waals surface area (Å²) in [7, 11) is 0. The summed E-state index contributed by atoms with van der Waals surface area (Å²) >= 11 is 6.37. The van der Waals surface area contributed by atoms with Crippen molar-refractivity contribution in [1.29, 1.82) is 5.26 Å². The van der Waals surface area contributed by atoms with Crippen LogP contribution in [0.4, 0.5) is 0 Å². The Labute approximate surface area is 236 Å². The molecule has 2 atom stereocenters. The van der Waals surface area contributed by atoms with E-state index in [-0.39, 0.29) is 34.0 Å². The lowest BCUT2D eigenvalue weighted by atomic mass is 9.92. The van der Waals surface area contributed by atoms with Crippen molar-refractivity contribution in [1.82, 2.24) is 23.8 Å². The van der Waals surface area contributed by atoms with Crippen LogP contribution in [0, 0.1) is 18.3 Å². The first kappa shape index (κ1) is 26.0. The molecule has 2 bridgehead atoms. The van der Waals surface area contributed by atoms with Crippen LogP contribution in [0.1, 0.15) is 77.8 Å². The van der Waals surface area contributed by atoms with E-state index >= 15 is 0 Å². The lowest BCUT2D eigenvalue weighted by Gasteiger charge is -2.27. The van der Waals surface area contributed by atoms with E-state index in [2.05, 4.69) is 20.8 Å². The van der Waals surface area contributed by atoms with Gasteiger partial charge in [0.1, 0.15) is 17.5 Å². The molecule has 9 nitrogen and oxygen atoms in total. The second kappa shape index (κ2) is 9.14. The molecule has 204 valence electrons. The van der Waals surface area contributed by atoms with Gasteiger partial charge in [0.25, 0.3) is 5.91 Å². The third-order valence-electron chi connectivity index (χ3n) is 7.98. The van der Waals surface area contributed by atoms with E-state index in [1.165, 1.54) is 10.6 Å². The van der Waals surface area contributed by atoms with E-state index in [0.29, 0.717) is 47.7 Å². The fourth-order valence-corrected chi connectivity index (χ4v) is 6.07. The number of carbonyl (C=O) groups excluding carboxylic acids is 1. The molecule has 2 aliphatic heterocycles. The third kappa shape index (κ3) is 3.86. The van der Waals surface area contributed by atoms with Gasteiger partial charge in [-0.15, -0.1) is 0 Å². The van der Waals surface area contributed by atoms with Crippen LogP contribution in [0.5, 0.6) is 5.88 Å². The summed E-state index contributed by atoms with van der Waals surface area (Å²) in [6, 6.07) is 16.2. The minimum Gasteiger partial charge on any atom is -0.493 e. The lowest BCUT2D eigenvalue weighted by Crippen LogP contribution is -2.38. The van der Waals surface area contributed by atoms with Crippen LogP contribution in [0.2, 0.25) is 5.02 Å². The molecule has 0 saturated carbocycles. The van der Waals surface area contributed by atoms with Gasteiger partial charge in [-0.2, -0.15) is 10.4 Å². The number of carbonyl (C=O) groups is 1. The summed E-state index contributed by atoms with van der Waals surface area (Å²) in [5, 5.41) is 25.7. The van der Waals surface area contributed by atoms with Crippen LogP contribution in [-0.2, 0) is 12.0 Å². The average molecular weight is 557 g/mol. The summed E-state index contributed by atoms with van der Waals surface area (Å²) in [6.07, 6.45) is 0.552. The van der Waals surface area contributed by atoms with Gasteiger partial charge in [0, 0.05) is 12.0 Å². The standard InChI is InChI=1S/C30H29ClN6O3/c1-17-21(11-10-19(14-32)25(17)31)37-28(39)26-22-12-20(36(26)29(37)40)16-34(22)27(38)23-13-24(30(2,3)4)33-35(23)15-18-8-6-5-7-9-18/h5-11,13,20,22,39H,12,15-16H2,1-4H3/t20-,22-/m0/s1. The molecule has 1 saturated heterocycles. The zero-order chi connectivity index (χ0) is 28.5. The van der Waals surface area contributed by atoms with Crippen LogP contribution in [0.25, 0.3) is 5.69 Å². The first-order valence-corrected chi connectivity index (χ1v) is 13.6. The smallest absolute Gasteiger partial charge is 0.336 e. The molecule has 2 aromatic carbocycles. The maximum Gasteiger partial charge on any atom is 0.336 e. The van der Waals surface area contributed by atoms with Crippen molar-refractivity contribution >= 4 is 17.5 Å². The fourth-order valence-electron chi connectivity index (χ4n) is 5.87. The molecule has 0 unspecified atom stereocenters. The van der Waals surface area contributed by atoms with Crippen molar-refractivity contribution in [2.24, 2.45) is 0 Å². The first-order chi connectivity index (χ1) is 19.0. The number of aromatic hydroxyl groups is 1. The Morgan fingerprint density at radius 3 is 2.60 bits per heavy atom. The molecule has 1 fully saturated rings. The quantitative estimate of drug-likeness (QED) is 0.386. The van der Waals surface area contributed by atoms with Gasteiger partial charge in [0.05, 0.1) is 40.6 Å². The molecular weight excluding hydrogens is 528 g/mol. The highest BCUT2D eigenvalue weighted by Crippen LogP contribution is 2.49. The highest BCUT2D eigenvalue weighted by Gasteiger charge is 2.50. The molecule has 1 amide bonds. The number of amides is 1. The Hall–Kier alpha value is -4.29. The second-order valence-electron chi connectivity index (χ2n) is 11.6. The summed E-state index contributed by atoms with van der Waals surface area (Å²) in [4.78, 5) is 29.4. The Morgan fingerprint density at radius 1 is 1.20 bits per heavy atom. The number of benzene rings is 2. The molecular formula is C30H29ClN6O3. The van der Waals surface area contributed by atoms with E-state index in [1.807, 2.05) is 42.5 Å². The van der Waals surface area contributed by atoms with Crippen molar-refractivity contribution in [3.8, 4) is 17.6 Å². The normalized spacial score (nSPS) is 17.8. The van der Waals surface area contributed by atoms with Crippen molar-refractivity contribution in [2.75, 3.05) is 6.54 Å². The summed E-state index contributed by atoms with van der Waals surface area (Å²) in [6.45, 7) is 8.69. The van der Waals surface area contributed by atoms with Crippen LogP contribution in [0.15, 0.2) is 53.3 Å². The molecule has 0 radical (unpaired) electrons. The number of hydrogen-bond acceptors (Lipinski definition) is 5. The lowest BCUT2D eigenvalue weighted by molar-refractivity contribution is 0.0699. The number of hydrogen-bond donors (Lipinski definition) is 1. The number of imidazole rings is 1. The molecule has 1 N–H and O–H groups in total. The number of rotatable bonds is 4. The summed E-state index contributed by atoms with van der Waals surface area (Å²) in [5.41, 5.74) is 3.31. The van der Waals surface area contributed by atoms with Crippen molar-refractivity contribution in [3.63, 3.8) is 0 Å². The Balaban J connectivity index is 1.39. The number of likely N-dealkylation sites (tertiary alicyclic amines) is 1. The molecule has 2 aromatic heterocycles. The van der Waals surface area contributed by atoms with E-state index in [1.54, 1.807) is 27.1 Å². The topological polar surface area (TPSA) is 109 Å². The van der Waals surface area contributed by atoms with Crippen LogP contribution < -0.4 is 5.69 Å². The van der Waals surface area contributed by atoms with E-state index < -0.39 is 6.04 Å². The highest BCUT2D eigenvalue weighted by molar-refractivity contribution is 6.32. The largest absolute Gasteiger partial charge is 0.493 e. The maximum absolute atomic E-state index is 14.1. The van der Waals surface area contributed by atoms with E-state index in [0.717, 1.165) is 11.3 Å². The van der Waals surface area contributed by atoms with E-state index in [4.69, 9.17) is 16.7 Å². The van der Waals surface area contributed by atoms with Crippen molar-refractivity contribution in [3.05, 3.63) is 97.8 Å². The SMILES string of the molecule is Cc1c(-n2c(O)c3n(c2=O)[C@H]2C[C@@H]3N(C(=O)c3cc(C(C)(C)C)nn3Cc3ccccc3)C2)ccc(C#N)c1Cl. The monoisotopic (exact) mass is 556 g/mol. The van der Waals surface area contributed by atoms with Crippen LogP contribution in [0.3, 0.4) is 0 Å².